The molecule has 1 amide bonds. The minimum absolute atomic E-state index is 0.221. The van der Waals surface area contributed by atoms with Gasteiger partial charge >= 0.3 is 0 Å². The highest BCUT2D eigenvalue weighted by molar-refractivity contribution is 5.73. The average Bonchev–Trinajstić information content (AvgIpc) is 1.96. The molecule has 0 aromatic heterocycles. The van der Waals surface area contributed by atoms with Crippen molar-refractivity contribution < 1.29 is 4.79 Å². The van der Waals surface area contributed by atoms with E-state index in [1.54, 1.807) is 0 Å². The van der Waals surface area contributed by atoms with Crippen molar-refractivity contribution in [3.8, 4) is 0 Å². The van der Waals surface area contributed by atoms with Gasteiger partial charge in [0.25, 0.3) is 0 Å². The first kappa shape index (κ1) is 13.5. The first-order valence-corrected chi connectivity index (χ1v) is 6.22. The molecule has 1 fully saturated rings. The molecule has 0 aromatic carbocycles. The molecule has 0 atom stereocenters. The molecule has 1 saturated carbocycles. The van der Waals surface area contributed by atoms with Gasteiger partial charge in [-0.3, -0.25) is 4.79 Å². The molecule has 0 heterocycles. The highest BCUT2D eigenvalue weighted by atomic mass is 16.1. The van der Waals surface area contributed by atoms with Gasteiger partial charge in [-0.05, 0) is 30.1 Å². The summed E-state index contributed by atoms with van der Waals surface area (Å²) in [5, 5.41) is 3.46. The van der Waals surface area contributed by atoms with Crippen LogP contribution in [0.5, 0.6) is 0 Å². The van der Waals surface area contributed by atoms with Gasteiger partial charge in [0.05, 0.1) is 0 Å². The van der Waals surface area contributed by atoms with Gasteiger partial charge in [-0.25, -0.2) is 0 Å². The number of rotatable bonds is 4. The van der Waals surface area contributed by atoms with Crippen LogP contribution in [-0.4, -0.2) is 18.5 Å². The summed E-state index contributed by atoms with van der Waals surface area (Å²) in [5.41, 5.74) is 5.93. The van der Waals surface area contributed by atoms with Crippen molar-refractivity contribution in [2.24, 2.45) is 16.6 Å². The minimum Gasteiger partial charge on any atom is -0.370 e. The molecule has 94 valence electrons. The maximum absolute atomic E-state index is 10.7. The lowest BCUT2D eigenvalue weighted by Gasteiger charge is -2.45. The van der Waals surface area contributed by atoms with Crippen LogP contribution in [0.2, 0.25) is 0 Å². The zero-order valence-corrected chi connectivity index (χ0v) is 11.1. The summed E-state index contributed by atoms with van der Waals surface area (Å²) in [4.78, 5) is 10.7. The fourth-order valence-corrected chi connectivity index (χ4v) is 3.39. The third kappa shape index (κ3) is 4.52. The van der Waals surface area contributed by atoms with E-state index in [0.29, 0.717) is 29.8 Å². The predicted molar refractivity (Wildman–Crippen MR) is 67.0 cm³/mol. The number of carbonyl (C=O) groups is 1. The summed E-state index contributed by atoms with van der Waals surface area (Å²) in [6, 6.07) is 0.526. The lowest BCUT2D eigenvalue weighted by atomic mass is 9.63. The second-order valence-electron chi connectivity index (χ2n) is 6.78. The van der Waals surface area contributed by atoms with Crippen LogP contribution in [-0.2, 0) is 4.79 Å². The topological polar surface area (TPSA) is 55.1 Å². The van der Waals surface area contributed by atoms with Gasteiger partial charge < -0.3 is 11.1 Å². The second kappa shape index (κ2) is 4.74. The van der Waals surface area contributed by atoms with E-state index in [0.717, 1.165) is 0 Å². The van der Waals surface area contributed by atoms with Crippen LogP contribution in [0.15, 0.2) is 0 Å². The molecule has 0 bridgehead atoms. The number of nitrogens with two attached hydrogens (primary N) is 1. The van der Waals surface area contributed by atoms with Gasteiger partial charge in [-0.2, -0.15) is 0 Å². The Morgan fingerprint density at radius 1 is 1.25 bits per heavy atom. The van der Waals surface area contributed by atoms with Crippen LogP contribution in [0.25, 0.3) is 0 Å². The Morgan fingerprint density at radius 3 is 2.19 bits per heavy atom. The molecule has 0 spiro atoms. The van der Waals surface area contributed by atoms with Crippen LogP contribution in [0, 0.1) is 10.8 Å². The van der Waals surface area contributed by atoms with E-state index in [-0.39, 0.29) is 5.91 Å². The van der Waals surface area contributed by atoms with Gasteiger partial charge in [0, 0.05) is 19.0 Å². The minimum atomic E-state index is -0.221. The van der Waals surface area contributed by atoms with Crippen LogP contribution >= 0.6 is 0 Å². The summed E-state index contributed by atoms with van der Waals surface area (Å²) in [6.45, 7) is 10.0. The van der Waals surface area contributed by atoms with E-state index in [1.165, 1.54) is 19.3 Å². The Kier molecular flexibility index (Phi) is 4.00. The molecule has 0 unspecified atom stereocenters. The van der Waals surface area contributed by atoms with E-state index in [4.69, 9.17) is 5.73 Å². The third-order valence-corrected chi connectivity index (χ3v) is 3.36. The molecule has 16 heavy (non-hydrogen) atoms. The van der Waals surface area contributed by atoms with Crippen molar-refractivity contribution in [2.45, 2.75) is 59.4 Å². The smallest absolute Gasteiger partial charge is 0.218 e. The third-order valence-electron chi connectivity index (χ3n) is 3.36. The lowest BCUT2D eigenvalue weighted by molar-refractivity contribution is -0.117. The molecule has 3 nitrogen and oxygen atoms in total. The van der Waals surface area contributed by atoms with E-state index >= 15 is 0 Å². The highest BCUT2D eigenvalue weighted by Gasteiger charge is 2.37. The fourth-order valence-electron chi connectivity index (χ4n) is 3.39. The molecule has 0 aromatic rings. The van der Waals surface area contributed by atoms with Gasteiger partial charge in [0.1, 0.15) is 0 Å². The van der Waals surface area contributed by atoms with E-state index in [1.807, 2.05) is 0 Å². The van der Waals surface area contributed by atoms with E-state index in [9.17, 15) is 4.79 Å². The lowest BCUT2D eigenvalue weighted by Crippen LogP contribution is -2.44. The number of carbonyl (C=O) groups excluding carboxylic acids is 1. The molecule has 0 radical (unpaired) electrons. The Bertz CT molecular complexity index is 243. The van der Waals surface area contributed by atoms with Crippen LogP contribution in [0.4, 0.5) is 0 Å². The summed E-state index contributed by atoms with van der Waals surface area (Å²) >= 11 is 0. The zero-order chi connectivity index (χ0) is 12.4. The van der Waals surface area contributed by atoms with Crippen LogP contribution < -0.4 is 11.1 Å². The molecular formula is C13H26N2O. The van der Waals surface area contributed by atoms with Crippen molar-refractivity contribution in [1.82, 2.24) is 5.32 Å². The van der Waals surface area contributed by atoms with E-state index < -0.39 is 0 Å². The van der Waals surface area contributed by atoms with Crippen molar-refractivity contribution in [2.75, 3.05) is 6.54 Å². The SMILES string of the molecule is CC1(C)CC(NCCC(N)=O)CC(C)(C)C1. The molecule has 3 N–H and O–H groups in total. The van der Waals surface area contributed by atoms with Crippen LogP contribution in [0.1, 0.15) is 53.4 Å². The van der Waals surface area contributed by atoms with Gasteiger partial charge in [0.15, 0.2) is 0 Å². The maximum Gasteiger partial charge on any atom is 0.218 e. The number of hydrogen-bond acceptors (Lipinski definition) is 2. The van der Waals surface area contributed by atoms with Crippen LogP contribution in [0.3, 0.4) is 0 Å². The normalized spacial score (nSPS) is 24.2. The van der Waals surface area contributed by atoms with Crippen molar-refractivity contribution in [1.29, 1.82) is 0 Å². The highest BCUT2D eigenvalue weighted by Crippen LogP contribution is 2.45. The summed E-state index contributed by atoms with van der Waals surface area (Å²) in [5.74, 6) is -0.221. The monoisotopic (exact) mass is 226 g/mol. The molecule has 1 aliphatic carbocycles. The Morgan fingerprint density at radius 2 is 1.75 bits per heavy atom. The second-order valence-corrected chi connectivity index (χ2v) is 6.78. The number of nitrogens with one attached hydrogen (secondary N) is 1. The molecule has 0 aliphatic heterocycles. The van der Waals surface area contributed by atoms with Crippen molar-refractivity contribution in [3.05, 3.63) is 0 Å². The molecule has 0 saturated heterocycles. The van der Waals surface area contributed by atoms with Crippen molar-refractivity contribution >= 4 is 5.91 Å². The zero-order valence-electron chi connectivity index (χ0n) is 11.1. The summed E-state index contributed by atoms with van der Waals surface area (Å²) in [7, 11) is 0. The Hall–Kier alpha value is -0.570. The van der Waals surface area contributed by atoms with Crippen molar-refractivity contribution in [3.63, 3.8) is 0 Å². The predicted octanol–water partition coefficient (Wildman–Crippen LogP) is 2.06. The Labute approximate surface area is 99.2 Å². The first-order chi connectivity index (χ1) is 7.20. The standard InChI is InChI=1S/C13H26N2O/c1-12(2)7-10(8-13(3,4)9-12)15-6-5-11(14)16/h10,15H,5-9H2,1-4H3,(H2,14,16). The van der Waals surface area contributed by atoms with E-state index in [2.05, 4.69) is 33.0 Å². The van der Waals surface area contributed by atoms with Gasteiger partial charge in [0.2, 0.25) is 5.91 Å². The molecular weight excluding hydrogens is 200 g/mol. The average molecular weight is 226 g/mol. The maximum atomic E-state index is 10.7. The molecule has 1 rings (SSSR count). The summed E-state index contributed by atoms with van der Waals surface area (Å²) < 4.78 is 0. The Balaban J connectivity index is 2.45. The largest absolute Gasteiger partial charge is 0.370 e. The molecule has 3 heteroatoms. The number of hydrogen-bond donors (Lipinski definition) is 2. The summed E-state index contributed by atoms with van der Waals surface area (Å²) in [6.07, 6.45) is 4.09. The first-order valence-electron chi connectivity index (χ1n) is 6.22. The van der Waals surface area contributed by atoms with Gasteiger partial charge in [-0.1, -0.05) is 27.7 Å². The quantitative estimate of drug-likeness (QED) is 0.771. The molecule has 1 aliphatic rings. The van der Waals surface area contributed by atoms with Gasteiger partial charge in [-0.15, -0.1) is 0 Å². The number of primary amides is 1. The fraction of sp³-hybridized carbons (Fsp3) is 0.923. The number of amides is 1.